The average Bonchev–Trinajstić information content (AvgIpc) is 2.75. The highest BCUT2D eigenvalue weighted by Gasteiger charge is 2.18. The number of ketones is 1. The van der Waals surface area contributed by atoms with Gasteiger partial charge in [-0.05, 0) is 43.1 Å². The second-order valence-electron chi connectivity index (χ2n) is 4.51. The Bertz CT molecular complexity index is 416. The monoisotopic (exact) mass is 315 g/mol. The maximum atomic E-state index is 11.9. The quantitative estimate of drug-likeness (QED) is 0.924. The van der Waals surface area contributed by atoms with Gasteiger partial charge in [0, 0.05) is 22.3 Å². The highest BCUT2D eigenvalue weighted by atomic mass is 79.9. The smallest absolute Gasteiger partial charge is 0.137 e. The molecule has 1 aliphatic rings. The summed E-state index contributed by atoms with van der Waals surface area (Å²) in [6.07, 6.45) is 2.22. The van der Waals surface area contributed by atoms with Gasteiger partial charge in [-0.25, -0.2) is 0 Å². The van der Waals surface area contributed by atoms with Gasteiger partial charge in [-0.3, -0.25) is 4.79 Å². The van der Waals surface area contributed by atoms with Gasteiger partial charge >= 0.3 is 0 Å². The fourth-order valence-corrected chi connectivity index (χ4v) is 2.90. The molecule has 1 aromatic rings. The molecular weight excluding hydrogens is 302 g/mol. The molecule has 0 saturated carbocycles. The zero-order valence-corrected chi connectivity index (χ0v) is 11.9. The van der Waals surface area contributed by atoms with Gasteiger partial charge in [0.2, 0.25) is 0 Å². The number of hydrogen-bond donors (Lipinski definition) is 1. The maximum Gasteiger partial charge on any atom is 0.137 e. The highest BCUT2D eigenvalue weighted by Crippen LogP contribution is 2.23. The predicted octanol–water partition coefficient (Wildman–Crippen LogP) is 3.21. The van der Waals surface area contributed by atoms with Crippen LogP contribution in [0.25, 0.3) is 0 Å². The first-order valence-corrected chi connectivity index (χ1v) is 6.98. The lowest BCUT2D eigenvalue weighted by atomic mass is 9.98. The van der Waals surface area contributed by atoms with Crippen LogP contribution in [0.3, 0.4) is 0 Å². The molecule has 1 heterocycles. The topological polar surface area (TPSA) is 29.1 Å². The number of Topliss-reactive ketones (excluding diaryl/α,β-unsaturated/α-hetero) is 1. The second-order valence-corrected chi connectivity index (χ2v) is 5.84. The van der Waals surface area contributed by atoms with E-state index in [0.717, 1.165) is 29.5 Å². The Labute approximate surface area is 115 Å². The van der Waals surface area contributed by atoms with Gasteiger partial charge in [0.15, 0.2) is 0 Å². The fraction of sp³-hybridized carbons (Fsp3) is 0.462. The van der Waals surface area contributed by atoms with Gasteiger partial charge in [0.25, 0.3) is 0 Å². The third kappa shape index (κ3) is 3.80. The Morgan fingerprint density at radius 3 is 3.00 bits per heavy atom. The lowest BCUT2D eigenvalue weighted by molar-refractivity contribution is -0.119. The van der Waals surface area contributed by atoms with Crippen molar-refractivity contribution < 1.29 is 4.79 Å². The largest absolute Gasteiger partial charge is 0.316 e. The molecule has 92 valence electrons. The molecule has 1 unspecified atom stereocenters. The molecule has 0 aliphatic carbocycles. The van der Waals surface area contributed by atoms with Crippen molar-refractivity contribution in [1.82, 2.24) is 5.32 Å². The van der Waals surface area contributed by atoms with E-state index in [-0.39, 0.29) is 5.78 Å². The Morgan fingerprint density at radius 2 is 2.35 bits per heavy atom. The summed E-state index contributed by atoms with van der Waals surface area (Å²) < 4.78 is 0.943. The first-order chi connectivity index (χ1) is 8.15. The SMILES string of the molecule is O=C(Cc1ccc(Br)cc1Cl)CC1CCNC1. The van der Waals surface area contributed by atoms with E-state index in [1.165, 1.54) is 0 Å². The van der Waals surface area contributed by atoms with Crippen molar-refractivity contribution in [3.8, 4) is 0 Å². The van der Waals surface area contributed by atoms with Crippen LogP contribution < -0.4 is 5.32 Å². The third-order valence-electron chi connectivity index (χ3n) is 3.08. The van der Waals surface area contributed by atoms with Crippen molar-refractivity contribution >= 4 is 33.3 Å². The standard InChI is InChI=1S/C13H15BrClNO/c14-11-2-1-10(13(15)7-11)6-12(17)5-9-3-4-16-8-9/h1-2,7,9,16H,3-6,8H2. The first kappa shape index (κ1) is 13.1. The van der Waals surface area contributed by atoms with Crippen LogP contribution in [-0.2, 0) is 11.2 Å². The Balaban J connectivity index is 1.93. The van der Waals surface area contributed by atoms with E-state index in [1.54, 1.807) is 0 Å². The van der Waals surface area contributed by atoms with Crippen LogP contribution in [0.4, 0.5) is 0 Å². The van der Waals surface area contributed by atoms with Gasteiger partial charge in [-0.1, -0.05) is 33.6 Å². The molecule has 0 bridgehead atoms. The molecule has 1 aromatic carbocycles. The van der Waals surface area contributed by atoms with Crippen molar-refractivity contribution in [2.24, 2.45) is 5.92 Å². The highest BCUT2D eigenvalue weighted by molar-refractivity contribution is 9.10. The van der Waals surface area contributed by atoms with E-state index in [1.807, 2.05) is 18.2 Å². The molecule has 17 heavy (non-hydrogen) atoms. The molecule has 0 spiro atoms. The number of rotatable bonds is 4. The molecule has 1 fully saturated rings. The summed E-state index contributed by atoms with van der Waals surface area (Å²) in [6.45, 7) is 2.01. The summed E-state index contributed by atoms with van der Waals surface area (Å²) in [4.78, 5) is 11.9. The second kappa shape index (κ2) is 5.98. The van der Waals surface area contributed by atoms with Gasteiger partial charge in [-0.15, -0.1) is 0 Å². The molecule has 0 amide bonds. The number of benzene rings is 1. The number of carbonyl (C=O) groups is 1. The predicted molar refractivity (Wildman–Crippen MR) is 73.5 cm³/mol. The summed E-state index contributed by atoms with van der Waals surface area (Å²) in [7, 11) is 0. The van der Waals surface area contributed by atoms with Crippen LogP contribution >= 0.6 is 27.5 Å². The van der Waals surface area contributed by atoms with Crippen LogP contribution in [-0.4, -0.2) is 18.9 Å². The molecule has 2 rings (SSSR count). The van der Waals surface area contributed by atoms with E-state index >= 15 is 0 Å². The number of halogens is 2. The van der Waals surface area contributed by atoms with Gasteiger partial charge in [0.05, 0.1) is 0 Å². The van der Waals surface area contributed by atoms with Gasteiger partial charge < -0.3 is 5.32 Å². The van der Waals surface area contributed by atoms with Crippen LogP contribution in [0.1, 0.15) is 18.4 Å². The van der Waals surface area contributed by atoms with Crippen LogP contribution in [0.15, 0.2) is 22.7 Å². The van der Waals surface area contributed by atoms with Crippen LogP contribution in [0.2, 0.25) is 5.02 Å². The average molecular weight is 317 g/mol. The van der Waals surface area contributed by atoms with E-state index in [0.29, 0.717) is 23.8 Å². The molecular formula is C13H15BrClNO. The van der Waals surface area contributed by atoms with Crippen LogP contribution in [0.5, 0.6) is 0 Å². The van der Waals surface area contributed by atoms with Crippen molar-refractivity contribution in [2.45, 2.75) is 19.3 Å². The third-order valence-corrected chi connectivity index (χ3v) is 3.93. The molecule has 0 aromatic heterocycles. The van der Waals surface area contributed by atoms with Gasteiger partial charge in [0.1, 0.15) is 5.78 Å². The molecule has 1 N–H and O–H groups in total. The molecule has 1 aliphatic heterocycles. The minimum Gasteiger partial charge on any atom is -0.316 e. The van der Waals surface area contributed by atoms with E-state index in [9.17, 15) is 4.79 Å². The van der Waals surface area contributed by atoms with Crippen LogP contribution in [0, 0.1) is 5.92 Å². The van der Waals surface area contributed by atoms with Crippen molar-refractivity contribution in [3.63, 3.8) is 0 Å². The van der Waals surface area contributed by atoms with Crippen molar-refractivity contribution in [1.29, 1.82) is 0 Å². The molecule has 2 nitrogen and oxygen atoms in total. The summed E-state index contributed by atoms with van der Waals surface area (Å²) in [6, 6.07) is 5.67. The van der Waals surface area contributed by atoms with E-state index in [2.05, 4.69) is 21.2 Å². The minimum atomic E-state index is 0.280. The zero-order valence-electron chi connectivity index (χ0n) is 9.51. The number of carbonyl (C=O) groups excluding carboxylic acids is 1. The number of hydrogen-bond acceptors (Lipinski definition) is 2. The van der Waals surface area contributed by atoms with Crippen molar-refractivity contribution in [3.05, 3.63) is 33.3 Å². The lowest BCUT2D eigenvalue weighted by Gasteiger charge is -2.08. The minimum absolute atomic E-state index is 0.280. The lowest BCUT2D eigenvalue weighted by Crippen LogP contribution is -2.14. The zero-order chi connectivity index (χ0) is 12.3. The number of nitrogens with one attached hydrogen (secondary N) is 1. The summed E-state index contributed by atoms with van der Waals surface area (Å²) in [5.74, 6) is 0.791. The maximum absolute atomic E-state index is 11.9. The normalized spacial score (nSPS) is 19.5. The summed E-state index contributed by atoms with van der Waals surface area (Å²) >= 11 is 9.45. The molecule has 0 radical (unpaired) electrons. The molecule has 1 saturated heterocycles. The summed E-state index contributed by atoms with van der Waals surface area (Å²) in [5, 5.41) is 3.94. The van der Waals surface area contributed by atoms with Crippen molar-refractivity contribution in [2.75, 3.05) is 13.1 Å². The molecule has 1 atom stereocenters. The first-order valence-electron chi connectivity index (χ1n) is 5.81. The fourth-order valence-electron chi connectivity index (χ4n) is 2.16. The van der Waals surface area contributed by atoms with E-state index < -0.39 is 0 Å². The molecule has 4 heteroatoms. The Kier molecular flexibility index (Phi) is 4.60. The summed E-state index contributed by atoms with van der Waals surface area (Å²) in [5.41, 5.74) is 0.922. The Morgan fingerprint density at radius 1 is 1.53 bits per heavy atom. The van der Waals surface area contributed by atoms with Gasteiger partial charge in [-0.2, -0.15) is 0 Å². The van der Waals surface area contributed by atoms with E-state index in [4.69, 9.17) is 11.6 Å². The Hall–Kier alpha value is -0.380.